The number of phenols is 2. The number of rotatable bonds is 17. The molecule has 0 saturated carbocycles. The molecule has 0 aliphatic heterocycles. The van der Waals surface area contributed by atoms with Gasteiger partial charge in [0.1, 0.15) is 11.5 Å². The number of esters is 2. The minimum atomic E-state index is -0.352. The first-order valence-corrected chi connectivity index (χ1v) is 16.6. The second kappa shape index (κ2) is 17.5. The third-order valence-corrected chi connectivity index (χ3v) is 8.12. The van der Waals surface area contributed by atoms with Crippen LogP contribution in [0.4, 0.5) is 0 Å². The molecular formula is C38H58O6. The molecular weight excluding hydrogens is 552 g/mol. The Bertz CT molecular complexity index is 1120. The molecule has 0 aliphatic rings. The van der Waals surface area contributed by atoms with Gasteiger partial charge in [0, 0.05) is 0 Å². The number of carbonyl (C=O) groups excluding carboxylic acids is 2. The number of phenolic OH excluding ortho intramolecular Hbond substituents is 2. The van der Waals surface area contributed by atoms with Crippen molar-refractivity contribution in [3.63, 3.8) is 0 Å². The summed E-state index contributed by atoms with van der Waals surface area (Å²) in [6, 6.07) is 8.39. The van der Waals surface area contributed by atoms with Crippen molar-refractivity contribution in [1.29, 1.82) is 0 Å². The molecule has 0 saturated heterocycles. The van der Waals surface area contributed by atoms with Crippen LogP contribution in [0.25, 0.3) is 0 Å². The molecule has 2 aromatic rings. The Kier molecular flexibility index (Phi) is 14.8. The summed E-state index contributed by atoms with van der Waals surface area (Å²) >= 11 is 0. The zero-order chi connectivity index (χ0) is 32.9. The molecule has 246 valence electrons. The van der Waals surface area contributed by atoms with Crippen LogP contribution in [0.2, 0.25) is 0 Å². The summed E-state index contributed by atoms with van der Waals surface area (Å²) in [6.07, 6.45) is 9.78. The molecule has 0 aromatic heterocycles. The van der Waals surface area contributed by atoms with Gasteiger partial charge in [0.15, 0.2) is 0 Å². The lowest BCUT2D eigenvalue weighted by molar-refractivity contribution is -0.150. The van der Waals surface area contributed by atoms with E-state index >= 15 is 0 Å². The number of carbonyl (C=O) groups is 2. The number of aromatic hydroxyl groups is 2. The van der Waals surface area contributed by atoms with E-state index in [4.69, 9.17) is 9.47 Å². The second-order valence-corrected chi connectivity index (χ2v) is 14.4. The summed E-state index contributed by atoms with van der Waals surface area (Å²) in [7, 11) is 0. The molecule has 0 fully saturated rings. The lowest BCUT2D eigenvalue weighted by Crippen LogP contribution is -2.12. The largest absolute Gasteiger partial charge is 0.507 e. The maximum Gasteiger partial charge on any atom is 0.306 e. The van der Waals surface area contributed by atoms with Gasteiger partial charge in [-0.05, 0) is 96.6 Å². The molecule has 2 rings (SSSR count). The highest BCUT2D eigenvalue weighted by Crippen LogP contribution is 2.35. The molecule has 6 nitrogen and oxygen atoms in total. The van der Waals surface area contributed by atoms with Gasteiger partial charge < -0.3 is 19.7 Å². The van der Waals surface area contributed by atoms with Crippen molar-refractivity contribution in [2.24, 2.45) is 0 Å². The topological polar surface area (TPSA) is 93.1 Å². The average molecular weight is 611 g/mol. The van der Waals surface area contributed by atoms with Crippen LogP contribution >= 0.6 is 0 Å². The summed E-state index contributed by atoms with van der Waals surface area (Å²) in [5, 5.41) is 20.8. The fourth-order valence-electron chi connectivity index (χ4n) is 5.43. The van der Waals surface area contributed by atoms with Gasteiger partial charge >= 0.3 is 11.9 Å². The Hall–Kier alpha value is -3.02. The summed E-state index contributed by atoms with van der Waals surface area (Å²) in [6.45, 7) is 17.3. The molecule has 0 heterocycles. The molecule has 6 heteroatoms. The Labute approximate surface area is 266 Å². The molecule has 0 unspecified atom stereocenters. The van der Waals surface area contributed by atoms with Crippen LogP contribution in [0.15, 0.2) is 24.3 Å². The normalized spacial score (nSPS) is 11.9. The van der Waals surface area contributed by atoms with Gasteiger partial charge in [0.05, 0.1) is 26.1 Å². The lowest BCUT2D eigenvalue weighted by Gasteiger charge is -2.22. The Morgan fingerprint density at radius 3 is 1.25 bits per heavy atom. The monoisotopic (exact) mass is 610 g/mol. The molecule has 0 radical (unpaired) electrons. The van der Waals surface area contributed by atoms with Crippen LogP contribution < -0.4 is 0 Å². The van der Waals surface area contributed by atoms with Gasteiger partial charge in [-0.25, -0.2) is 0 Å². The van der Waals surface area contributed by atoms with Gasteiger partial charge in [-0.1, -0.05) is 91.5 Å². The van der Waals surface area contributed by atoms with Crippen LogP contribution in [0.1, 0.15) is 139 Å². The highest BCUT2D eigenvalue weighted by atomic mass is 16.5. The smallest absolute Gasteiger partial charge is 0.306 e. The van der Waals surface area contributed by atoms with Crippen LogP contribution in [0.5, 0.6) is 11.5 Å². The molecule has 0 atom stereocenters. The first-order chi connectivity index (χ1) is 20.6. The maximum atomic E-state index is 12.0. The van der Waals surface area contributed by atoms with Crippen LogP contribution in [0, 0.1) is 13.8 Å². The highest BCUT2D eigenvalue weighted by Gasteiger charge is 2.21. The van der Waals surface area contributed by atoms with Crippen molar-refractivity contribution >= 4 is 11.9 Å². The van der Waals surface area contributed by atoms with Crippen molar-refractivity contribution in [2.75, 3.05) is 13.2 Å². The lowest BCUT2D eigenvalue weighted by atomic mass is 9.83. The van der Waals surface area contributed by atoms with Crippen molar-refractivity contribution in [3.05, 3.63) is 57.6 Å². The summed E-state index contributed by atoms with van der Waals surface area (Å²) < 4.78 is 10.6. The molecule has 0 bridgehead atoms. The van der Waals surface area contributed by atoms with E-state index < -0.39 is 0 Å². The van der Waals surface area contributed by atoms with Gasteiger partial charge in [-0.3, -0.25) is 9.59 Å². The van der Waals surface area contributed by atoms with E-state index in [2.05, 4.69) is 65.8 Å². The summed E-state index contributed by atoms with van der Waals surface area (Å²) in [5.41, 5.74) is 6.13. The second-order valence-electron chi connectivity index (χ2n) is 14.4. The van der Waals surface area contributed by atoms with Crippen molar-refractivity contribution < 1.29 is 29.3 Å². The quantitative estimate of drug-likeness (QED) is 0.137. The number of unbranched alkanes of at least 4 members (excludes halogenated alkanes) is 6. The minimum absolute atomic E-state index is 0.0533. The first-order valence-electron chi connectivity index (χ1n) is 16.6. The zero-order valence-corrected chi connectivity index (χ0v) is 28.7. The summed E-state index contributed by atoms with van der Waals surface area (Å²) in [4.78, 5) is 24.0. The van der Waals surface area contributed by atoms with Crippen molar-refractivity contribution in [1.82, 2.24) is 0 Å². The third-order valence-electron chi connectivity index (χ3n) is 8.12. The van der Waals surface area contributed by atoms with Crippen LogP contribution in [-0.2, 0) is 42.7 Å². The summed E-state index contributed by atoms with van der Waals surface area (Å²) in [5.74, 6) is 0.0939. The van der Waals surface area contributed by atoms with Gasteiger partial charge in [0.25, 0.3) is 0 Å². The van der Waals surface area contributed by atoms with E-state index in [0.29, 0.717) is 24.7 Å². The van der Waals surface area contributed by atoms with Crippen LogP contribution in [-0.4, -0.2) is 35.4 Å². The van der Waals surface area contributed by atoms with E-state index in [1.807, 2.05) is 13.8 Å². The SMILES string of the molecule is Cc1cc(CCCCCCOC(=O)CCC(=O)OCCCCCCc2cc(C)c(O)c(C(C)(C)C)c2)cc(C(C)(C)C)c1O. The zero-order valence-electron chi connectivity index (χ0n) is 28.7. The number of ether oxygens (including phenoxy) is 2. The standard InChI is InChI=1S/C38H58O6/c1-27-23-29(25-31(35(27)41)37(3,4)5)17-13-9-11-15-21-43-33(39)19-20-34(40)44-22-16-12-10-14-18-30-24-28(2)36(42)32(26-30)38(6,7)8/h23-26,41-42H,9-22H2,1-8H3. The van der Waals surface area contributed by atoms with E-state index in [9.17, 15) is 19.8 Å². The molecule has 0 amide bonds. The fourth-order valence-corrected chi connectivity index (χ4v) is 5.43. The maximum absolute atomic E-state index is 12.0. The number of aryl methyl sites for hydroxylation is 4. The van der Waals surface area contributed by atoms with E-state index in [-0.39, 0.29) is 35.6 Å². The number of hydrogen-bond donors (Lipinski definition) is 2. The minimum Gasteiger partial charge on any atom is -0.507 e. The molecule has 2 N–H and O–H groups in total. The predicted octanol–water partition coefficient (Wildman–Crippen LogP) is 9.08. The van der Waals surface area contributed by atoms with Crippen LogP contribution in [0.3, 0.4) is 0 Å². The van der Waals surface area contributed by atoms with Crippen molar-refractivity contribution in [2.45, 2.75) is 143 Å². The van der Waals surface area contributed by atoms with Gasteiger partial charge in [0.2, 0.25) is 0 Å². The highest BCUT2D eigenvalue weighted by molar-refractivity contribution is 5.77. The molecule has 44 heavy (non-hydrogen) atoms. The first kappa shape index (κ1) is 37.2. The van der Waals surface area contributed by atoms with E-state index in [1.54, 1.807) is 0 Å². The molecule has 0 spiro atoms. The Balaban J connectivity index is 1.50. The Morgan fingerprint density at radius 1 is 0.568 bits per heavy atom. The molecule has 2 aromatic carbocycles. The number of benzene rings is 2. The predicted molar refractivity (Wildman–Crippen MR) is 179 cm³/mol. The molecule has 0 aliphatic carbocycles. The third kappa shape index (κ3) is 12.9. The van der Waals surface area contributed by atoms with Gasteiger partial charge in [-0.2, -0.15) is 0 Å². The fraction of sp³-hybridized carbons (Fsp3) is 0.632. The average Bonchev–Trinajstić information content (AvgIpc) is 2.93. The Morgan fingerprint density at radius 2 is 0.909 bits per heavy atom. The van der Waals surface area contributed by atoms with E-state index in [1.165, 1.54) is 11.1 Å². The number of hydrogen-bond acceptors (Lipinski definition) is 6. The van der Waals surface area contributed by atoms with E-state index in [0.717, 1.165) is 86.5 Å². The van der Waals surface area contributed by atoms with Gasteiger partial charge in [-0.15, -0.1) is 0 Å². The van der Waals surface area contributed by atoms with Crippen molar-refractivity contribution in [3.8, 4) is 11.5 Å².